The molecule has 0 fully saturated rings. The van der Waals surface area contributed by atoms with Gasteiger partial charge in [-0.2, -0.15) is 0 Å². The Morgan fingerprint density at radius 1 is 0.950 bits per heavy atom. The molecule has 4 nitrogen and oxygen atoms in total. The lowest BCUT2D eigenvalue weighted by molar-refractivity contribution is 0.102. The van der Waals surface area contributed by atoms with E-state index < -0.39 is 21.4 Å². The highest BCUT2D eigenvalue weighted by Gasteiger charge is 2.13. The molecule has 0 heterocycles. The monoisotopic (exact) mass is 290 g/mol. The van der Waals surface area contributed by atoms with Crippen molar-refractivity contribution >= 4 is 15.6 Å². The van der Waals surface area contributed by atoms with Gasteiger partial charge in [-0.05, 0) is 36.4 Å². The molecule has 2 rings (SSSR count). The predicted molar refractivity (Wildman–Crippen MR) is 77.0 cm³/mol. The Labute approximate surface area is 117 Å². The summed E-state index contributed by atoms with van der Waals surface area (Å²) in [5.41, 5.74) is 0.357. The summed E-state index contributed by atoms with van der Waals surface area (Å²) in [4.78, 5) is 11.7. The average Bonchev–Trinajstić information content (AvgIpc) is 2.39. The zero-order valence-corrected chi connectivity index (χ0v) is 11.8. The van der Waals surface area contributed by atoms with Crippen molar-refractivity contribution in [1.29, 1.82) is 0 Å². The summed E-state index contributed by atoms with van der Waals surface area (Å²) < 4.78 is 27.7. The molecule has 5 heteroatoms. The maximum atomic E-state index is 11.7. The highest BCUT2D eigenvalue weighted by atomic mass is 32.2. The minimum atomic E-state index is -3.31. The van der Waals surface area contributed by atoms with E-state index in [9.17, 15) is 13.2 Å². The van der Waals surface area contributed by atoms with Crippen molar-refractivity contribution in [2.45, 2.75) is 0 Å². The Morgan fingerprint density at radius 2 is 1.50 bits per heavy atom. The van der Waals surface area contributed by atoms with Gasteiger partial charge in [0.05, 0.1) is 0 Å². The molecule has 2 aromatic rings. The van der Waals surface area contributed by atoms with Crippen molar-refractivity contribution in [3.8, 4) is 11.5 Å². The second-order valence-electron chi connectivity index (χ2n) is 4.43. The first-order chi connectivity index (χ1) is 9.44. The standard InChI is InChI=1S/C15H14O4S/c1-20(17,18)11-15(16)12-7-9-14(10-8-12)19-13-5-3-2-4-6-13/h2-10H,11H2,1H3. The maximum absolute atomic E-state index is 11.7. The van der Waals surface area contributed by atoms with Crippen molar-refractivity contribution in [2.75, 3.05) is 12.0 Å². The van der Waals surface area contributed by atoms with Gasteiger partial charge in [0.15, 0.2) is 15.6 Å². The summed E-state index contributed by atoms with van der Waals surface area (Å²) in [5.74, 6) is 0.389. The van der Waals surface area contributed by atoms with Crippen LogP contribution in [0.3, 0.4) is 0 Å². The molecular weight excluding hydrogens is 276 g/mol. The van der Waals surface area contributed by atoms with Crippen LogP contribution in [0.5, 0.6) is 11.5 Å². The van der Waals surface area contributed by atoms with Gasteiger partial charge in [-0.3, -0.25) is 4.79 Å². The smallest absolute Gasteiger partial charge is 0.177 e. The molecule has 0 aliphatic carbocycles. The van der Waals surface area contributed by atoms with Gasteiger partial charge in [-0.25, -0.2) is 8.42 Å². The number of rotatable bonds is 5. The molecule has 104 valence electrons. The third kappa shape index (κ3) is 4.20. The number of ether oxygens (including phenoxy) is 1. The minimum absolute atomic E-state index is 0.357. The summed E-state index contributed by atoms with van der Waals surface area (Å²) >= 11 is 0. The van der Waals surface area contributed by atoms with Gasteiger partial charge >= 0.3 is 0 Å². The summed E-state index contributed by atoms with van der Waals surface area (Å²) in [6.07, 6.45) is 1.04. The fourth-order valence-electron chi connectivity index (χ4n) is 1.65. The molecule has 0 aliphatic heterocycles. The third-order valence-electron chi connectivity index (χ3n) is 2.55. The van der Waals surface area contributed by atoms with Gasteiger partial charge in [0.1, 0.15) is 17.3 Å². The van der Waals surface area contributed by atoms with Crippen molar-refractivity contribution < 1.29 is 17.9 Å². The number of carbonyl (C=O) groups excluding carboxylic acids is 1. The van der Waals surface area contributed by atoms with E-state index in [1.54, 1.807) is 24.3 Å². The van der Waals surface area contributed by atoms with E-state index >= 15 is 0 Å². The second kappa shape index (κ2) is 5.88. The Morgan fingerprint density at radius 3 is 2.05 bits per heavy atom. The molecule has 0 bridgehead atoms. The highest BCUT2D eigenvalue weighted by molar-refractivity contribution is 7.91. The van der Waals surface area contributed by atoms with Crippen LogP contribution in [0.1, 0.15) is 10.4 Å². The second-order valence-corrected chi connectivity index (χ2v) is 6.57. The number of benzene rings is 2. The Bertz CT molecular complexity index is 688. The van der Waals surface area contributed by atoms with Gasteiger partial charge in [0, 0.05) is 11.8 Å². The average molecular weight is 290 g/mol. The molecule has 0 radical (unpaired) electrons. The van der Waals surface area contributed by atoms with Gasteiger partial charge in [0.25, 0.3) is 0 Å². The van der Waals surface area contributed by atoms with Crippen LogP contribution >= 0.6 is 0 Å². The predicted octanol–water partition coefficient (Wildman–Crippen LogP) is 2.71. The largest absolute Gasteiger partial charge is 0.457 e. The topological polar surface area (TPSA) is 60.4 Å². The van der Waals surface area contributed by atoms with Crippen LogP contribution in [0.25, 0.3) is 0 Å². The molecule has 0 N–H and O–H groups in total. The van der Waals surface area contributed by atoms with Crippen LogP contribution in [-0.4, -0.2) is 26.2 Å². The van der Waals surface area contributed by atoms with Crippen LogP contribution in [0.2, 0.25) is 0 Å². The van der Waals surface area contributed by atoms with E-state index in [1.807, 2.05) is 30.3 Å². The van der Waals surface area contributed by atoms with E-state index in [0.717, 1.165) is 6.26 Å². The third-order valence-corrected chi connectivity index (χ3v) is 3.34. The van der Waals surface area contributed by atoms with Crippen LogP contribution in [0, 0.1) is 0 Å². The minimum Gasteiger partial charge on any atom is -0.457 e. The van der Waals surface area contributed by atoms with Crippen LogP contribution in [0.15, 0.2) is 54.6 Å². The molecule has 0 aliphatic rings. The number of Topliss-reactive ketones (excluding diaryl/α,β-unsaturated/α-hetero) is 1. The number of carbonyl (C=O) groups is 1. The van der Waals surface area contributed by atoms with Gasteiger partial charge < -0.3 is 4.74 Å². The molecule has 0 amide bonds. The molecule has 2 aromatic carbocycles. The van der Waals surface area contributed by atoms with Gasteiger partial charge in [-0.1, -0.05) is 18.2 Å². The summed E-state index contributed by atoms with van der Waals surface area (Å²) in [5, 5.41) is 0. The number of para-hydroxylation sites is 1. The summed E-state index contributed by atoms with van der Waals surface area (Å²) in [6, 6.07) is 15.7. The SMILES string of the molecule is CS(=O)(=O)CC(=O)c1ccc(Oc2ccccc2)cc1. The molecule has 0 atom stereocenters. The molecular formula is C15H14O4S. The number of sulfone groups is 1. The Balaban J connectivity index is 2.09. The first kappa shape index (κ1) is 14.3. The first-order valence-corrected chi connectivity index (χ1v) is 8.04. The van der Waals surface area contributed by atoms with E-state index in [-0.39, 0.29) is 0 Å². The van der Waals surface area contributed by atoms with E-state index in [1.165, 1.54) is 0 Å². The van der Waals surface area contributed by atoms with Crippen molar-refractivity contribution in [1.82, 2.24) is 0 Å². The lowest BCUT2D eigenvalue weighted by atomic mass is 10.1. The van der Waals surface area contributed by atoms with Gasteiger partial charge in [-0.15, -0.1) is 0 Å². The normalized spacial score (nSPS) is 11.1. The first-order valence-electron chi connectivity index (χ1n) is 5.98. The van der Waals surface area contributed by atoms with Crippen molar-refractivity contribution in [3.63, 3.8) is 0 Å². The lowest BCUT2D eigenvalue weighted by Crippen LogP contribution is -2.14. The van der Waals surface area contributed by atoms with E-state index in [4.69, 9.17) is 4.74 Å². The maximum Gasteiger partial charge on any atom is 0.177 e. The van der Waals surface area contributed by atoms with Crippen LogP contribution in [-0.2, 0) is 9.84 Å². The molecule has 20 heavy (non-hydrogen) atoms. The molecule has 0 saturated heterocycles. The Kier molecular flexibility index (Phi) is 4.20. The molecule has 0 spiro atoms. The molecule has 0 unspecified atom stereocenters. The number of hydrogen-bond acceptors (Lipinski definition) is 4. The van der Waals surface area contributed by atoms with Crippen molar-refractivity contribution in [2.24, 2.45) is 0 Å². The molecule has 0 aromatic heterocycles. The van der Waals surface area contributed by atoms with Crippen LogP contribution in [0.4, 0.5) is 0 Å². The van der Waals surface area contributed by atoms with Crippen LogP contribution < -0.4 is 4.74 Å². The number of hydrogen-bond donors (Lipinski definition) is 0. The van der Waals surface area contributed by atoms with E-state index in [0.29, 0.717) is 17.1 Å². The van der Waals surface area contributed by atoms with Gasteiger partial charge in [0.2, 0.25) is 0 Å². The number of ketones is 1. The zero-order valence-electron chi connectivity index (χ0n) is 10.9. The fourth-order valence-corrected chi connectivity index (χ4v) is 2.30. The fraction of sp³-hybridized carbons (Fsp3) is 0.133. The zero-order chi connectivity index (χ0) is 14.6. The van der Waals surface area contributed by atoms with E-state index in [2.05, 4.69) is 0 Å². The lowest BCUT2D eigenvalue weighted by Gasteiger charge is -2.06. The highest BCUT2D eigenvalue weighted by Crippen LogP contribution is 2.21. The summed E-state index contributed by atoms with van der Waals surface area (Å²) in [7, 11) is -3.31. The van der Waals surface area contributed by atoms with Crippen molar-refractivity contribution in [3.05, 3.63) is 60.2 Å². The quantitative estimate of drug-likeness (QED) is 0.794. The Hall–Kier alpha value is -2.14. The molecule has 0 saturated carbocycles. The summed E-state index contributed by atoms with van der Waals surface area (Å²) in [6.45, 7) is 0.